The van der Waals surface area contributed by atoms with Crippen molar-refractivity contribution in [1.82, 2.24) is 5.32 Å². The first-order chi connectivity index (χ1) is 9.28. The van der Waals surface area contributed by atoms with Crippen LogP contribution in [0.5, 0.6) is 0 Å². The normalized spacial score (nSPS) is 12.5. The molecule has 0 amide bonds. The molecule has 0 spiro atoms. The highest BCUT2D eigenvalue weighted by Crippen LogP contribution is 2.15. The fraction of sp³-hybridized carbons (Fsp3) is 0.412. The van der Waals surface area contributed by atoms with Crippen LogP contribution in [0.3, 0.4) is 0 Å². The minimum atomic E-state index is 0.585. The molecule has 2 aromatic rings. The second kappa shape index (κ2) is 7.46. The molecule has 0 radical (unpaired) electrons. The van der Waals surface area contributed by atoms with Gasteiger partial charge in [0.1, 0.15) is 0 Å². The van der Waals surface area contributed by atoms with Crippen molar-refractivity contribution in [2.75, 3.05) is 7.05 Å². The largest absolute Gasteiger partial charge is 0.317 e. The molecule has 2 heteroatoms. The van der Waals surface area contributed by atoms with Crippen LogP contribution in [0.1, 0.15) is 28.8 Å². The topological polar surface area (TPSA) is 12.0 Å². The van der Waals surface area contributed by atoms with Crippen LogP contribution in [0.15, 0.2) is 41.8 Å². The summed E-state index contributed by atoms with van der Waals surface area (Å²) in [5, 5.41) is 5.62. The molecule has 0 aliphatic carbocycles. The predicted octanol–water partition coefficient (Wildman–Crippen LogP) is 4.21. The molecule has 0 fully saturated rings. The summed E-state index contributed by atoms with van der Waals surface area (Å²) in [6.07, 6.45) is 4.84. The van der Waals surface area contributed by atoms with E-state index in [4.69, 9.17) is 0 Å². The van der Waals surface area contributed by atoms with Crippen molar-refractivity contribution in [2.45, 2.75) is 38.6 Å². The maximum Gasteiger partial charge on any atom is 0.0105 e. The van der Waals surface area contributed by atoms with Crippen LogP contribution >= 0.6 is 11.3 Å². The molecule has 1 heterocycles. The molecule has 0 aliphatic heterocycles. The Morgan fingerprint density at radius 1 is 1.21 bits per heavy atom. The summed E-state index contributed by atoms with van der Waals surface area (Å²) in [5.74, 6) is 0. The standard InChI is InChI=1S/C17H23NS/c1-14-6-3-7-15(12-14)13-16(18-2)8-4-9-17-10-5-11-19-17/h3,5-7,10-12,16,18H,4,8-9,13H2,1-2H3. The van der Waals surface area contributed by atoms with E-state index in [-0.39, 0.29) is 0 Å². The molecule has 1 N–H and O–H groups in total. The van der Waals surface area contributed by atoms with Crippen LogP contribution in [-0.2, 0) is 12.8 Å². The van der Waals surface area contributed by atoms with Gasteiger partial charge in [0.15, 0.2) is 0 Å². The van der Waals surface area contributed by atoms with Crippen molar-refractivity contribution in [3.8, 4) is 0 Å². The van der Waals surface area contributed by atoms with Crippen LogP contribution in [0.25, 0.3) is 0 Å². The molecular weight excluding hydrogens is 250 g/mol. The number of aryl methyl sites for hydroxylation is 2. The first kappa shape index (κ1) is 14.3. The Hall–Kier alpha value is -1.12. The van der Waals surface area contributed by atoms with Crippen LogP contribution < -0.4 is 5.32 Å². The lowest BCUT2D eigenvalue weighted by atomic mass is 9.99. The van der Waals surface area contributed by atoms with E-state index in [9.17, 15) is 0 Å². The SMILES string of the molecule is CNC(CCCc1cccs1)Cc1cccc(C)c1. The summed E-state index contributed by atoms with van der Waals surface area (Å²) in [6.45, 7) is 2.16. The third-order valence-electron chi connectivity index (χ3n) is 3.53. The zero-order valence-corrected chi connectivity index (χ0v) is 12.7. The lowest BCUT2D eigenvalue weighted by Crippen LogP contribution is -2.27. The Balaban J connectivity index is 1.80. The second-order valence-corrected chi connectivity index (χ2v) is 6.18. The van der Waals surface area contributed by atoms with Crippen molar-refractivity contribution < 1.29 is 0 Å². The number of nitrogens with one attached hydrogen (secondary N) is 1. The summed E-state index contributed by atoms with van der Waals surface area (Å²) in [6, 6.07) is 13.8. The zero-order valence-electron chi connectivity index (χ0n) is 11.9. The van der Waals surface area contributed by atoms with Crippen molar-refractivity contribution in [1.29, 1.82) is 0 Å². The van der Waals surface area contributed by atoms with Gasteiger partial charge in [-0.1, -0.05) is 35.9 Å². The molecule has 1 unspecified atom stereocenters. The van der Waals surface area contributed by atoms with E-state index in [0.29, 0.717) is 6.04 Å². The molecule has 1 atom stereocenters. The fourth-order valence-corrected chi connectivity index (χ4v) is 3.20. The van der Waals surface area contributed by atoms with Gasteiger partial charge < -0.3 is 5.32 Å². The summed E-state index contributed by atoms with van der Waals surface area (Å²) >= 11 is 1.87. The van der Waals surface area contributed by atoms with E-state index >= 15 is 0 Å². The average Bonchev–Trinajstić information content (AvgIpc) is 2.91. The van der Waals surface area contributed by atoms with E-state index in [2.05, 4.69) is 61.1 Å². The molecule has 0 saturated carbocycles. The van der Waals surface area contributed by atoms with Gasteiger partial charge in [0, 0.05) is 10.9 Å². The van der Waals surface area contributed by atoms with Gasteiger partial charge >= 0.3 is 0 Å². The Morgan fingerprint density at radius 3 is 2.79 bits per heavy atom. The molecule has 0 bridgehead atoms. The van der Waals surface area contributed by atoms with Crippen LogP contribution in [0.4, 0.5) is 0 Å². The van der Waals surface area contributed by atoms with Crippen LogP contribution in [-0.4, -0.2) is 13.1 Å². The summed E-state index contributed by atoms with van der Waals surface area (Å²) in [7, 11) is 2.08. The van der Waals surface area contributed by atoms with E-state index in [1.54, 1.807) is 0 Å². The highest BCUT2D eigenvalue weighted by Gasteiger charge is 2.07. The molecular formula is C17H23NS. The first-order valence-electron chi connectivity index (χ1n) is 7.03. The Morgan fingerprint density at radius 2 is 2.11 bits per heavy atom. The van der Waals surface area contributed by atoms with Crippen LogP contribution in [0.2, 0.25) is 0 Å². The van der Waals surface area contributed by atoms with Gasteiger partial charge in [0.25, 0.3) is 0 Å². The molecule has 2 rings (SSSR count). The lowest BCUT2D eigenvalue weighted by Gasteiger charge is -2.16. The summed E-state index contributed by atoms with van der Waals surface area (Å²) < 4.78 is 0. The van der Waals surface area contributed by atoms with Gasteiger partial charge in [-0.2, -0.15) is 0 Å². The van der Waals surface area contributed by atoms with Gasteiger partial charge in [0.05, 0.1) is 0 Å². The minimum Gasteiger partial charge on any atom is -0.317 e. The summed E-state index contributed by atoms with van der Waals surface area (Å²) in [5.41, 5.74) is 2.79. The third kappa shape index (κ3) is 4.81. The smallest absolute Gasteiger partial charge is 0.0105 e. The number of hydrogen-bond acceptors (Lipinski definition) is 2. The highest BCUT2D eigenvalue weighted by atomic mass is 32.1. The molecule has 0 saturated heterocycles. The van der Waals surface area contributed by atoms with E-state index in [1.807, 2.05) is 11.3 Å². The number of hydrogen-bond donors (Lipinski definition) is 1. The fourth-order valence-electron chi connectivity index (χ4n) is 2.45. The number of benzene rings is 1. The monoisotopic (exact) mass is 273 g/mol. The van der Waals surface area contributed by atoms with Crippen molar-refractivity contribution in [2.24, 2.45) is 0 Å². The van der Waals surface area contributed by atoms with Crippen molar-refractivity contribution >= 4 is 11.3 Å². The molecule has 19 heavy (non-hydrogen) atoms. The molecule has 102 valence electrons. The van der Waals surface area contributed by atoms with Gasteiger partial charge in [-0.3, -0.25) is 0 Å². The quantitative estimate of drug-likeness (QED) is 0.797. The predicted molar refractivity (Wildman–Crippen MR) is 85.0 cm³/mol. The first-order valence-corrected chi connectivity index (χ1v) is 7.91. The minimum absolute atomic E-state index is 0.585. The van der Waals surface area contributed by atoms with Gasteiger partial charge in [0.2, 0.25) is 0 Å². The summed E-state index contributed by atoms with van der Waals surface area (Å²) in [4.78, 5) is 1.51. The lowest BCUT2D eigenvalue weighted by molar-refractivity contribution is 0.503. The van der Waals surface area contributed by atoms with E-state index < -0.39 is 0 Å². The number of thiophene rings is 1. The van der Waals surface area contributed by atoms with E-state index in [1.165, 1.54) is 35.3 Å². The Labute approximate surface area is 120 Å². The van der Waals surface area contributed by atoms with Gasteiger partial charge in [-0.25, -0.2) is 0 Å². The molecule has 1 nitrogen and oxygen atoms in total. The zero-order chi connectivity index (χ0) is 13.5. The maximum absolute atomic E-state index is 3.45. The Bertz CT molecular complexity index is 476. The van der Waals surface area contributed by atoms with Gasteiger partial charge in [-0.15, -0.1) is 11.3 Å². The number of likely N-dealkylation sites (N-methyl/N-ethyl adjacent to an activating group) is 1. The third-order valence-corrected chi connectivity index (χ3v) is 4.46. The average molecular weight is 273 g/mol. The molecule has 0 aliphatic rings. The van der Waals surface area contributed by atoms with Crippen LogP contribution in [0, 0.1) is 6.92 Å². The van der Waals surface area contributed by atoms with Gasteiger partial charge in [-0.05, 0) is 56.7 Å². The van der Waals surface area contributed by atoms with Crippen molar-refractivity contribution in [3.63, 3.8) is 0 Å². The van der Waals surface area contributed by atoms with Crippen molar-refractivity contribution in [3.05, 3.63) is 57.8 Å². The maximum atomic E-state index is 3.45. The second-order valence-electron chi connectivity index (χ2n) is 5.15. The molecule has 1 aromatic carbocycles. The Kier molecular flexibility index (Phi) is 5.62. The number of rotatable bonds is 7. The molecule has 1 aromatic heterocycles. The van der Waals surface area contributed by atoms with E-state index in [0.717, 1.165) is 6.42 Å². The highest BCUT2D eigenvalue weighted by molar-refractivity contribution is 7.09.